The Morgan fingerprint density at radius 2 is 1.82 bits per heavy atom. The molecule has 0 aliphatic heterocycles. The number of rotatable bonds is 9. The maximum absolute atomic E-state index is 13.5. The van der Waals surface area contributed by atoms with Gasteiger partial charge in [-0.25, -0.2) is 4.39 Å². The van der Waals surface area contributed by atoms with Crippen LogP contribution in [0.25, 0.3) is 0 Å². The molecule has 0 spiro atoms. The van der Waals surface area contributed by atoms with E-state index >= 15 is 0 Å². The average Bonchev–Trinajstić information content (AvgIpc) is 2.55. The summed E-state index contributed by atoms with van der Waals surface area (Å²) in [6.07, 6.45) is 1.72. The van der Waals surface area contributed by atoms with Crippen molar-refractivity contribution in [1.29, 1.82) is 0 Å². The zero-order valence-corrected chi connectivity index (χ0v) is 14.0. The number of aliphatic imine (C=N–C) groups is 1. The van der Waals surface area contributed by atoms with Crippen LogP contribution in [0.2, 0.25) is 0 Å². The first-order chi connectivity index (χ1) is 10.7. The molecule has 1 rings (SSSR count). The van der Waals surface area contributed by atoms with Gasteiger partial charge in [-0.3, -0.25) is 4.99 Å². The molecule has 1 aromatic carbocycles. The van der Waals surface area contributed by atoms with Crippen molar-refractivity contribution < 1.29 is 4.39 Å². The summed E-state index contributed by atoms with van der Waals surface area (Å²) in [5, 5.41) is 6.51. The normalized spacial score (nSPS) is 11.8. The Bertz CT molecular complexity index is 444. The van der Waals surface area contributed by atoms with Crippen molar-refractivity contribution in [3.8, 4) is 0 Å². The summed E-state index contributed by atoms with van der Waals surface area (Å²) < 4.78 is 13.5. The molecular formula is C17H29FN4. The third kappa shape index (κ3) is 6.89. The highest BCUT2D eigenvalue weighted by molar-refractivity contribution is 5.79. The standard InChI is InChI=1S/C17H29FN4/c1-4-22(5-2)14-8-12-20-17(19-3)21-13-11-15-9-6-7-10-16(15)18/h6-7,9-10H,4-5,8,11-14H2,1-3H3,(H2,19,20,21). The molecule has 0 aliphatic rings. The van der Waals surface area contributed by atoms with E-state index in [1.165, 1.54) is 6.07 Å². The summed E-state index contributed by atoms with van der Waals surface area (Å²) >= 11 is 0. The smallest absolute Gasteiger partial charge is 0.190 e. The van der Waals surface area contributed by atoms with Crippen molar-refractivity contribution >= 4 is 5.96 Å². The Morgan fingerprint density at radius 3 is 2.45 bits per heavy atom. The van der Waals surface area contributed by atoms with E-state index in [1.54, 1.807) is 13.1 Å². The van der Waals surface area contributed by atoms with E-state index in [-0.39, 0.29) is 5.82 Å². The monoisotopic (exact) mass is 308 g/mol. The topological polar surface area (TPSA) is 39.7 Å². The number of hydrogen-bond donors (Lipinski definition) is 2. The maximum atomic E-state index is 13.5. The summed E-state index contributed by atoms with van der Waals surface area (Å²) in [6.45, 7) is 9.18. The van der Waals surface area contributed by atoms with Gasteiger partial charge in [0.05, 0.1) is 0 Å². The van der Waals surface area contributed by atoms with Crippen molar-refractivity contribution in [2.75, 3.05) is 39.8 Å². The molecule has 1 aromatic rings. The van der Waals surface area contributed by atoms with Crippen LogP contribution in [0.3, 0.4) is 0 Å². The molecule has 4 nitrogen and oxygen atoms in total. The van der Waals surface area contributed by atoms with E-state index in [4.69, 9.17) is 0 Å². The number of guanidine groups is 1. The summed E-state index contributed by atoms with van der Waals surface area (Å²) in [6, 6.07) is 6.88. The highest BCUT2D eigenvalue weighted by Crippen LogP contribution is 2.05. The van der Waals surface area contributed by atoms with Gasteiger partial charge in [0.25, 0.3) is 0 Å². The summed E-state index contributed by atoms with van der Waals surface area (Å²) in [5.41, 5.74) is 0.729. The molecule has 0 bridgehead atoms. The lowest BCUT2D eigenvalue weighted by Crippen LogP contribution is -2.39. The molecule has 0 saturated heterocycles. The van der Waals surface area contributed by atoms with Crippen LogP contribution >= 0.6 is 0 Å². The van der Waals surface area contributed by atoms with E-state index in [0.29, 0.717) is 13.0 Å². The first kappa shape index (κ1) is 18.4. The largest absolute Gasteiger partial charge is 0.356 e. The lowest BCUT2D eigenvalue weighted by molar-refractivity contribution is 0.300. The highest BCUT2D eigenvalue weighted by atomic mass is 19.1. The van der Waals surface area contributed by atoms with Crippen LogP contribution in [0.1, 0.15) is 25.8 Å². The molecule has 22 heavy (non-hydrogen) atoms. The SMILES string of the molecule is CCN(CC)CCCNC(=NC)NCCc1ccccc1F. The predicted molar refractivity (Wildman–Crippen MR) is 91.9 cm³/mol. The van der Waals surface area contributed by atoms with E-state index in [0.717, 1.165) is 44.1 Å². The van der Waals surface area contributed by atoms with Gasteiger partial charge in [0, 0.05) is 20.1 Å². The molecule has 124 valence electrons. The summed E-state index contributed by atoms with van der Waals surface area (Å²) in [5.74, 6) is 0.627. The lowest BCUT2D eigenvalue weighted by atomic mass is 10.1. The Hall–Kier alpha value is -1.62. The molecule has 0 atom stereocenters. The van der Waals surface area contributed by atoms with Crippen LogP contribution in [0.5, 0.6) is 0 Å². The Balaban J connectivity index is 2.21. The second-order valence-corrected chi connectivity index (χ2v) is 5.15. The molecule has 0 amide bonds. The first-order valence-electron chi connectivity index (χ1n) is 8.11. The zero-order valence-electron chi connectivity index (χ0n) is 14.0. The molecular weight excluding hydrogens is 279 g/mol. The minimum Gasteiger partial charge on any atom is -0.356 e. The van der Waals surface area contributed by atoms with E-state index < -0.39 is 0 Å². The minimum absolute atomic E-state index is 0.147. The number of benzene rings is 1. The van der Waals surface area contributed by atoms with Gasteiger partial charge >= 0.3 is 0 Å². The molecule has 0 unspecified atom stereocenters. The van der Waals surface area contributed by atoms with Crippen LogP contribution in [-0.4, -0.2) is 50.6 Å². The van der Waals surface area contributed by atoms with Crippen molar-refractivity contribution in [2.24, 2.45) is 4.99 Å². The number of hydrogen-bond acceptors (Lipinski definition) is 2. The second kappa shape index (κ2) is 11.0. The van der Waals surface area contributed by atoms with Crippen LogP contribution in [0, 0.1) is 5.82 Å². The van der Waals surface area contributed by atoms with Gasteiger partial charge in [0.1, 0.15) is 5.82 Å². The van der Waals surface area contributed by atoms with Gasteiger partial charge < -0.3 is 15.5 Å². The fourth-order valence-electron chi connectivity index (χ4n) is 2.29. The van der Waals surface area contributed by atoms with Gasteiger partial charge in [0.15, 0.2) is 5.96 Å². The zero-order chi connectivity index (χ0) is 16.2. The van der Waals surface area contributed by atoms with Crippen LogP contribution in [-0.2, 0) is 6.42 Å². The fraction of sp³-hybridized carbons (Fsp3) is 0.588. The van der Waals surface area contributed by atoms with Crippen molar-refractivity contribution in [3.05, 3.63) is 35.6 Å². The molecule has 0 radical (unpaired) electrons. The molecule has 5 heteroatoms. The fourth-order valence-corrected chi connectivity index (χ4v) is 2.29. The molecule has 2 N–H and O–H groups in total. The van der Waals surface area contributed by atoms with E-state index in [9.17, 15) is 4.39 Å². The van der Waals surface area contributed by atoms with Gasteiger partial charge in [-0.05, 0) is 44.1 Å². The molecule has 0 fully saturated rings. The number of nitrogens with one attached hydrogen (secondary N) is 2. The molecule has 0 heterocycles. The number of halogens is 1. The van der Waals surface area contributed by atoms with E-state index in [1.807, 2.05) is 12.1 Å². The molecule has 0 aliphatic carbocycles. The van der Waals surface area contributed by atoms with Gasteiger partial charge in [-0.15, -0.1) is 0 Å². The highest BCUT2D eigenvalue weighted by Gasteiger charge is 2.02. The molecule has 0 saturated carbocycles. The van der Waals surface area contributed by atoms with Gasteiger partial charge in [-0.1, -0.05) is 32.0 Å². The average molecular weight is 308 g/mol. The van der Waals surface area contributed by atoms with Gasteiger partial charge in [-0.2, -0.15) is 0 Å². The number of nitrogens with zero attached hydrogens (tertiary/aromatic N) is 2. The summed E-state index contributed by atoms with van der Waals surface area (Å²) in [4.78, 5) is 6.58. The first-order valence-corrected chi connectivity index (χ1v) is 8.11. The van der Waals surface area contributed by atoms with Crippen LogP contribution in [0.15, 0.2) is 29.3 Å². The van der Waals surface area contributed by atoms with Crippen LogP contribution in [0.4, 0.5) is 4.39 Å². The van der Waals surface area contributed by atoms with Crippen LogP contribution < -0.4 is 10.6 Å². The Labute approximate surface area is 133 Å². The maximum Gasteiger partial charge on any atom is 0.190 e. The summed E-state index contributed by atoms with van der Waals surface area (Å²) in [7, 11) is 1.75. The second-order valence-electron chi connectivity index (χ2n) is 5.15. The van der Waals surface area contributed by atoms with E-state index in [2.05, 4.69) is 34.4 Å². The van der Waals surface area contributed by atoms with Crippen molar-refractivity contribution in [2.45, 2.75) is 26.7 Å². The molecule has 0 aromatic heterocycles. The van der Waals surface area contributed by atoms with Crippen molar-refractivity contribution in [3.63, 3.8) is 0 Å². The minimum atomic E-state index is -0.147. The Morgan fingerprint density at radius 1 is 1.14 bits per heavy atom. The Kier molecular flexibility index (Phi) is 9.23. The quantitative estimate of drug-likeness (QED) is 0.418. The predicted octanol–water partition coefficient (Wildman–Crippen LogP) is 2.27. The lowest BCUT2D eigenvalue weighted by Gasteiger charge is -2.18. The third-order valence-corrected chi connectivity index (χ3v) is 3.71. The van der Waals surface area contributed by atoms with Crippen molar-refractivity contribution in [1.82, 2.24) is 15.5 Å². The van der Waals surface area contributed by atoms with Gasteiger partial charge in [0.2, 0.25) is 0 Å². The third-order valence-electron chi connectivity index (χ3n) is 3.71.